The zero-order valence-corrected chi connectivity index (χ0v) is 26.9. The summed E-state index contributed by atoms with van der Waals surface area (Å²) in [5, 5.41) is 3.14. The molecule has 0 spiro atoms. The zero-order valence-electron chi connectivity index (χ0n) is 25.3. The molecule has 2 aromatic heterocycles. The highest BCUT2D eigenvalue weighted by Crippen LogP contribution is 2.49. The van der Waals surface area contributed by atoms with Crippen molar-refractivity contribution in [3.05, 3.63) is 114 Å². The van der Waals surface area contributed by atoms with Crippen LogP contribution in [0.5, 0.6) is 11.5 Å². The Hall–Kier alpha value is -4.25. The van der Waals surface area contributed by atoms with E-state index in [2.05, 4.69) is 10.3 Å². The molecule has 0 amide bonds. The lowest BCUT2D eigenvalue weighted by Gasteiger charge is -2.14. The Bertz CT molecular complexity index is 2000. The number of Topliss-reactive ketones (excluding diaryl/α,β-unsaturated/α-hetero) is 2. The molecule has 7 nitrogen and oxygen atoms in total. The van der Waals surface area contributed by atoms with Crippen LogP contribution in [0.15, 0.2) is 91.1 Å². The third-order valence-electron chi connectivity index (χ3n) is 8.20. The van der Waals surface area contributed by atoms with E-state index in [1.807, 2.05) is 60.7 Å². The molecule has 0 bridgehead atoms. The number of carbonyl (C=O) groups excluding carboxylic acids is 2. The molecule has 0 saturated heterocycles. The van der Waals surface area contributed by atoms with Crippen molar-refractivity contribution in [3.63, 3.8) is 0 Å². The number of halogens is 1. The number of rotatable bonds is 14. The summed E-state index contributed by atoms with van der Waals surface area (Å²) in [5.74, 6) is -0.230. The molecule has 2 heterocycles. The van der Waals surface area contributed by atoms with E-state index in [1.165, 1.54) is 29.7 Å². The minimum absolute atomic E-state index is 0.0129. The van der Waals surface area contributed by atoms with Crippen molar-refractivity contribution in [1.82, 2.24) is 10.3 Å². The molecule has 6 rings (SSSR count). The van der Waals surface area contributed by atoms with Crippen molar-refractivity contribution in [1.29, 1.82) is 0 Å². The molecule has 3 aromatic carbocycles. The van der Waals surface area contributed by atoms with Crippen LogP contribution in [-0.2, 0) is 38.8 Å². The van der Waals surface area contributed by atoms with Crippen LogP contribution >= 0.6 is 11.3 Å². The SMILES string of the molecule is CS(=O)(=O)CCNCc1ccc(-c2cc3nccc(Oc4ccc(CC(=O)C5(C(=O)Cc6ccccc6)CC5)cc4F)c3s2)cc1. The predicted molar refractivity (Wildman–Crippen MR) is 178 cm³/mol. The van der Waals surface area contributed by atoms with Crippen LogP contribution in [-0.4, -0.2) is 43.5 Å². The molecule has 5 aromatic rings. The quantitative estimate of drug-likeness (QED) is 0.104. The Morgan fingerprint density at radius 3 is 2.26 bits per heavy atom. The third kappa shape index (κ3) is 7.41. The number of sulfone groups is 1. The molecule has 10 heteroatoms. The van der Waals surface area contributed by atoms with Gasteiger partial charge in [-0.3, -0.25) is 14.6 Å². The maximum atomic E-state index is 15.3. The van der Waals surface area contributed by atoms with Crippen molar-refractivity contribution in [3.8, 4) is 21.9 Å². The number of benzene rings is 3. The number of aromatic nitrogens is 1. The highest BCUT2D eigenvalue weighted by atomic mass is 32.2. The number of nitrogens with zero attached hydrogens (tertiary/aromatic N) is 1. The Balaban J connectivity index is 1.11. The average molecular weight is 657 g/mol. The van der Waals surface area contributed by atoms with Crippen LogP contribution in [0.25, 0.3) is 20.7 Å². The van der Waals surface area contributed by atoms with Crippen LogP contribution in [0, 0.1) is 11.2 Å². The fraction of sp³-hybridized carbons (Fsp3) is 0.250. The number of thiophene rings is 1. The second kappa shape index (κ2) is 13.2. The lowest BCUT2D eigenvalue weighted by Crippen LogP contribution is -2.28. The first-order chi connectivity index (χ1) is 22.1. The number of fused-ring (bicyclic) bond motifs is 1. The third-order valence-corrected chi connectivity index (χ3v) is 10.3. The van der Waals surface area contributed by atoms with Gasteiger partial charge in [-0.25, -0.2) is 12.8 Å². The maximum Gasteiger partial charge on any atom is 0.166 e. The van der Waals surface area contributed by atoms with Crippen LogP contribution in [0.4, 0.5) is 4.39 Å². The van der Waals surface area contributed by atoms with Gasteiger partial charge in [0.2, 0.25) is 0 Å². The monoisotopic (exact) mass is 656 g/mol. The predicted octanol–water partition coefficient (Wildman–Crippen LogP) is 6.73. The van der Waals surface area contributed by atoms with Crippen molar-refractivity contribution in [2.45, 2.75) is 32.2 Å². The first kappa shape index (κ1) is 31.7. The average Bonchev–Trinajstić information content (AvgIpc) is 3.74. The van der Waals surface area contributed by atoms with E-state index >= 15 is 4.39 Å². The van der Waals surface area contributed by atoms with E-state index < -0.39 is 21.1 Å². The van der Waals surface area contributed by atoms with Gasteiger partial charge in [-0.05, 0) is 53.3 Å². The lowest BCUT2D eigenvalue weighted by molar-refractivity contribution is -0.133. The van der Waals surface area contributed by atoms with Crippen molar-refractivity contribution in [2.75, 3.05) is 18.6 Å². The van der Waals surface area contributed by atoms with Crippen LogP contribution in [0.3, 0.4) is 0 Å². The van der Waals surface area contributed by atoms with E-state index in [9.17, 15) is 18.0 Å². The fourth-order valence-corrected chi connectivity index (χ4v) is 7.00. The van der Waals surface area contributed by atoms with Crippen molar-refractivity contribution < 1.29 is 27.1 Å². The standard InChI is InChI=1S/C36H33FN2O5S2/c1-46(42,43)18-17-38-23-25-7-10-27(11-8-25)32-22-29-35(45-32)31(13-16-39-29)44-30-12-9-26(19-28(30)37)21-34(41)36(14-15-36)33(40)20-24-5-3-2-4-6-24/h2-13,16,19,22,38H,14-15,17-18,20-21,23H2,1H3. The number of pyridine rings is 1. The van der Waals surface area contributed by atoms with Gasteiger partial charge in [0.05, 0.1) is 21.4 Å². The molecule has 1 N–H and O–H groups in total. The van der Waals surface area contributed by atoms with Crippen molar-refractivity contribution in [2.24, 2.45) is 5.41 Å². The fourth-order valence-electron chi connectivity index (χ4n) is 5.41. The van der Waals surface area contributed by atoms with Gasteiger partial charge >= 0.3 is 0 Å². The molecule has 1 aliphatic carbocycles. The topological polar surface area (TPSA) is 102 Å². The van der Waals surface area contributed by atoms with Gasteiger partial charge in [-0.15, -0.1) is 11.3 Å². The Labute approximate surface area is 271 Å². The molecule has 0 radical (unpaired) electrons. The number of ether oxygens (including phenoxy) is 1. The summed E-state index contributed by atoms with van der Waals surface area (Å²) in [7, 11) is -3.00. The van der Waals surface area contributed by atoms with Gasteiger partial charge in [0.1, 0.15) is 15.6 Å². The van der Waals surface area contributed by atoms with Gasteiger partial charge in [0, 0.05) is 49.3 Å². The highest BCUT2D eigenvalue weighted by Gasteiger charge is 2.54. The van der Waals surface area contributed by atoms with Gasteiger partial charge in [0.25, 0.3) is 0 Å². The molecule has 0 aliphatic heterocycles. The molecule has 1 saturated carbocycles. The van der Waals surface area contributed by atoms with Crippen LogP contribution in [0.2, 0.25) is 0 Å². The summed E-state index contributed by atoms with van der Waals surface area (Å²) in [4.78, 5) is 31.6. The van der Waals surface area contributed by atoms with Gasteiger partial charge < -0.3 is 10.1 Å². The summed E-state index contributed by atoms with van der Waals surface area (Å²) in [5.41, 5.74) is 3.17. The Morgan fingerprint density at radius 1 is 0.891 bits per heavy atom. The minimum atomic E-state index is -3.00. The number of nitrogens with one attached hydrogen (secondary N) is 1. The van der Waals surface area contributed by atoms with Gasteiger partial charge in [0.15, 0.2) is 23.1 Å². The van der Waals surface area contributed by atoms with Crippen LogP contribution in [0.1, 0.15) is 29.5 Å². The van der Waals surface area contributed by atoms with Gasteiger partial charge in [-0.2, -0.15) is 0 Å². The van der Waals surface area contributed by atoms with E-state index in [4.69, 9.17) is 4.74 Å². The second-order valence-electron chi connectivity index (χ2n) is 11.8. The molecule has 236 valence electrons. The van der Waals surface area contributed by atoms with Crippen molar-refractivity contribution >= 4 is 43.0 Å². The number of hydrogen-bond donors (Lipinski definition) is 1. The first-order valence-electron chi connectivity index (χ1n) is 15.0. The first-order valence-corrected chi connectivity index (χ1v) is 17.9. The van der Waals surface area contributed by atoms with E-state index in [1.54, 1.807) is 18.3 Å². The van der Waals surface area contributed by atoms with Crippen LogP contribution < -0.4 is 10.1 Å². The maximum absolute atomic E-state index is 15.3. The summed E-state index contributed by atoms with van der Waals surface area (Å²) < 4.78 is 44.7. The molecular formula is C36H33FN2O5S2. The zero-order chi connectivity index (χ0) is 32.3. The van der Waals surface area contributed by atoms with E-state index in [0.717, 1.165) is 31.8 Å². The summed E-state index contributed by atoms with van der Waals surface area (Å²) in [6.45, 7) is 0.956. The Morgan fingerprint density at radius 2 is 1.59 bits per heavy atom. The van der Waals surface area contributed by atoms with Gasteiger partial charge in [-0.1, -0.05) is 60.7 Å². The lowest BCUT2D eigenvalue weighted by atomic mass is 9.88. The molecule has 1 fully saturated rings. The summed E-state index contributed by atoms with van der Waals surface area (Å²) in [6, 6.07) is 25.5. The molecule has 1 aliphatic rings. The summed E-state index contributed by atoms with van der Waals surface area (Å²) in [6.07, 6.45) is 4.12. The highest BCUT2D eigenvalue weighted by molar-refractivity contribution is 7.90. The molecule has 0 atom stereocenters. The smallest absolute Gasteiger partial charge is 0.166 e. The molecule has 0 unspecified atom stereocenters. The molecular weight excluding hydrogens is 624 g/mol. The Kier molecular flexibility index (Phi) is 9.13. The van der Waals surface area contributed by atoms with E-state index in [-0.39, 0.29) is 35.9 Å². The van der Waals surface area contributed by atoms with E-state index in [0.29, 0.717) is 37.2 Å². The number of hydrogen-bond acceptors (Lipinski definition) is 8. The normalized spacial score (nSPS) is 13.9. The number of ketones is 2. The number of carbonyl (C=O) groups is 2. The minimum Gasteiger partial charge on any atom is -0.453 e. The molecule has 46 heavy (non-hydrogen) atoms. The summed E-state index contributed by atoms with van der Waals surface area (Å²) >= 11 is 1.49. The largest absolute Gasteiger partial charge is 0.453 e. The second-order valence-corrected chi connectivity index (χ2v) is 15.1.